The molecular formula is C19H17NO2S. The fourth-order valence-electron chi connectivity index (χ4n) is 2.95. The van der Waals surface area contributed by atoms with E-state index in [0.717, 1.165) is 29.0 Å². The van der Waals surface area contributed by atoms with Crippen LogP contribution in [0.3, 0.4) is 0 Å². The molecule has 0 aliphatic carbocycles. The molecular weight excluding hydrogens is 306 g/mol. The molecule has 2 aromatic rings. The number of aryl methyl sites for hydroxylation is 1. The summed E-state index contributed by atoms with van der Waals surface area (Å²) in [6, 6.07) is 6.34. The Hall–Kier alpha value is -2.25. The molecule has 1 aromatic heterocycles. The van der Waals surface area contributed by atoms with Crippen molar-refractivity contribution in [3.05, 3.63) is 46.1 Å². The van der Waals surface area contributed by atoms with E-state index >= 15 is 0 Å². The van der Waals surface area contributed by atoms with Crippen molar-refractivity contribution in [1.82, 2.24) is 4.98 Å². The molecule has 0 radical (unpaired) electrons. The first-order valence-corrected chi connectivity index (χ1v) is 8.48. The monoisotopic (exact) mass is 323 g/mol. The second kappa shape index (κ2) is 6.10. The van der Waals surface area contributed by atoms with E-state index in [2.05, 4.69) is 23.0 Å². The molecule has 1 aromatic carbocycles. The lowest BCUT2D eigenvalue weighted by atomic mass is 9.95. The topological polar surface area (TPSA) is 50.2 Å². The quantitative estimate of drug-likeness (QED) is 0.846. The average Bonchev–Trinajstić information content (AvgIpc) is 2.56. The van der Waals surface area contributed by atoms with Crippen molar-refractivity contribution in [3.8, 4) is 23.6 Å². The Morgan fingerprint density at radius 3 is 2.83 bits per heavy atom. The SMILES string of the molecule is C#Cc1nc(-c2ccc3c(c2)CCCS3)c(C)c(C)c1C(=O)O. The average molecular weight is 323 g/mol. The molecule has 0 bridgehead atoms. The van der Waals surface area contributed by atoms with Crippen molar-refractivity contribution in [1.29, 1.82) is 0 Å². The number of terminal acetylenes is 1. The van der Waals surface area contributed by atoms with Crippen molar-refractivity contribution < 1.29 is 9.90 Å². The molecule has 3 rings (SSSR count). The van der Waals surface area contributed by atoms with Gasteiger partial charge in [-0.25, -0.2) is 9.78 Å². The fraction of sp³-hybridized carbons (Fsp3) is 0.263. The van der Waals surface area contributed by atoms with E-state index < -0.39 is 5.97 Å². The summed E-state index contributed by atoms with van der Waals surface area (Å²) in [7, 11) is 0. The molecule has 3 nitrogen and oxygen atoms in total. The minimum atomic E-state index is -1.03. The Morgan fingerprint density at radius 1 is 1.35 bits per heavy atom. The molecule has 4 heteroatoms. The van der Waals surface area contributed by atoms with Gasteiger partial charge < -0.3 is 5.11 Å². The zero-order valence-corrected chi connectivity index (χ0v) is 14.0. The number of rotatable bonds is 2. The van der Waals surface area contributed by atoms with Gasteiger partial charge in [0.1, 0.15) is 5.69 Å². The maximum absolute atomic E-state index is 11.5. The molecule has 0 unspecified atom stereocenters. The molecule has 1 aliphatic heterocycles. The first kappa shape index (κ1) is 15.6. The number of nitrogens with zero attached hydrogens (tertiary/aromatic N) is 1. The van der Waals surface area contributed by atoms with Crippen molar-refractivity contribution in [2.75, 3.05) is 5.75 Å². The molecule has 116 valence electrons. The second-order valence-corrected chi connectivity index (χ2v) is 6.79. The van der Waals surface area contributed by atoms with E-state index in [9.17, 15) is 9.90 Å². The maximum atomic E-state index is 11.5. The Kier molecular flexibility index (Phi) is 4.14. The summed E-state index contributed by atoms with van der Waals surface area (Å²) in [5.41, 5.74) is 4.98. The smallest absolute Gasteiger partial charge is 0.338 e. The van der Waals surface area contributed by atoms with Gasteiger partial charge in [0, 0.05) is 10.5 Å². The van der Waals surface area contributed by atoms with E-state index in [-0.39, 0.29) is 11.3 Å². The number of hydrogen-bond acceptors (Lipinski definition) is 3. The molecule has 0 saturated carbocycles. The van der Waals surface area contributed by atoms with E-state index in [1.807, 2.05) is 24.8 Å². The zero-order chi connectivity index (χ0) is 16.6. The zero-order valence-electron chi connectivity index (χ0n) is 13.1. The van der Waals surface area contributed by atoms with Crippen LogP contribution in [-0.4, -0.2) is 21.8 Å². The summed E-state index contributed by atoms with van der Waals surface area (Å²) in [5.74, 6) is 2.56. The lowest BCUT2D eigenvalue weighted by molar-refractivity contribution is 0.0695. The third-order valence-corrected chi connectivity index (χ3v) is 5.49. The molecule has 0 atom stereocenters. The van der Waals surface area contributed by atoms with Gasteiger partial charge in [-0.15, -0.1) is 18.2 Å². The first-order valence-electron chi connectivity index (χ1n) is 7.50. The van der Waals surface area contributed by atoms with Crippen LogP contribution in [0.25, 0.3) is 11.3 Å². The van der Waals surface area contributed by atoms with Crippen LogP contribution in [0.15, 0.2) is 23.1 Å². The highest BCUT2D eigenvalue weighted by molar-refractivity contribution is 7.99. The Morgan fingerprint density at radius 2 is 2.13 bits per heavy atom. The number of benzene rings is 1. The molecule has 1 N–H and O–H groups in total. The molecule has 0 spiro atoms. The molecule has 0 saturated heterocycles. The van der Waals surface area contributed by atoms with E-state index in [4.69, 9.17) is 6.42 Å². The van der Waals surface area contributed by atoms with Crippen molar-refractivity contribution in [3.63, 3.8) is 0 Å². The number of pyridine rings is 1. The lowest BCUT2D eigenvalue weighted by Gasteiger charge is -2.18. The van der Waals surface area contributed by atoms with Gasteiger partial charge in [0.25, 0.3) is 0 Å². The molecule has 1 aliphatic rings. The minimum Gasteiger partial charge on any atom is -0.478 e. The van der Waals surface area contributed by atoms with Gasteiger partial charge in [-0.2, -0.15) is 0 Å². The predicted molar refractivity (Wildman–Crippen MR) is 93.1 cm³/mol. The Bertz CT molecular complexity index is 849. The van der Waals surface area contributed by atoms with Crippen LogP contribution in [0.2, 0.25) is 0 Å². The van der Waals surface area contributed by atoms with Crippen molar-refractivity contribution in [2.24, 2.45) is 0 Å². The number of carbonyl (C=O) groups is 1. The summed E-state index contributed by atoms with van der Waals surface area (Å²) in [5, 5.41) is 9.38. The van der Waals surface area contributed by atoms with Gasteiger partial charge in [-0.05, 0) is 67.2 Å². The van der Waals surface area contributed by atoms with Gasteiger partial charge in [0.15, 0.2) is 0 Å². The number of aromatic nitrogens is 1. The van der Waals surface area contributed by atoms with Gasteiger partial charge in [0.05, 0.1) is 11.3 Å². The predicted octanol–water partition coefficient (Wildman–Crippen LogP) is 4.08. The van der Waals surface area contributed by atoms with E-state index in [1.165, 1.54) is 16.9 Å². The number of fused-ring (bicyclic) bond motifs is 1. The van der Waals surface area contributed by atoms with Crippen LogP contribution in [0.5, 0.6) is 0 Å². The van der Waals surface area contributed by atoms with Crippen LogP contribution in [0.4, 0.5) is 0 Å². The Balaban J connectivity index is 2.19. The number of carboxylic acid groups (broad SMARTS) is 1. The van der Waals surface area contributed by atoms with Gasteiger partial charge in [-0.3, -0.25) is 0 Å². The minimum absolute atomic E-state index is 0.127. The highest BCUT2D eigenvalue weighted by atomic mass is 32.2. The summed E-state index contributed by atoms with van der Waals surface area (Å²) in [4.78, 5) is 17.3. The number of aromatic carboxylic acids is 1. The first-order chi connectivity index (χ1) is 11.0. The van der Waals surface area contributed by atoms with E-state index in [1.54, 1.807) is 6.92 Å². The molecule has 2 heterocycles. The Labute approximate surface area is 140 Å². The van der Waals surface area contributed by atoms with Crippen LogP contribution in [-0.2, 0) is 6.42 Å². The highest BCUT2D eigenvalue weighted by Crippen LogP contribution is 2.34. The maximum Gasteiger partial charge on any atom is 0.338 e. The summed E-state index contributed by atoms with van der Waals surface area (Å²) in [6.07, 6.45) is 7.74. The van der Waals surface area contributed by atoms with E-state index in [0.29, 0.717) is 5.56 Å². The van der Waals surface area contributed by atoms with Crippen LogP contribution < -0.4 is 0 Å². The lowest BCUT2D eigenvalue weighted by Crippen LogP contribution is -2.09. The molecule has 23 heavy (non-hydrogen) atoms. The standard InChI is InChI=1S/C19H17NO2S/c1-4-15-17(19(21)22)11(2)12(3)18(20-15)14-7-8-16-13(10-14)6-5-9-23-16/h1,7-8,10H,5-6,9H2,2-3H3,(H,21,22). The highest BCUT2D eigenvalue weighted by Gasteiger charge is 2.20. The third kappa shape index (κ3) is 2.73. The second-order valence-electron chi connectivity index (χ2n) is 5.66. The van der Waals surface area contributed by atoms with Gasteiger partial charge in [-0.1, -0.05) is 6.07 Å². The summed E-state index contributed by atoms with van der Waals surface area (Å²) >= 11 is 1.88. The van der Waals surface area contributed by atoms with Crippen LogP contribution >= 0.6 is 11.8 Å². The van der Waals surface area contributed by atoms with Crippen molar-refractivity contribution in [2.45, 2.75) is 31.6 Å². The van der Waals surface area contributed by atoms with Gasteiger partial charge >= 0.3 is 5.97 Å². The summed E-state index contributed by atoms with van der Waals surface area (Å²) < 4.78 is 0. The molecule has 0 fully saturated rings. The normalized spacial score (nSPS) is 13.3. The number of hydrogen-bond donors (Lipinski definition) is 1. The summed E-state index contributed by atoms with van der Waals surface area (Å²) in [6.45, 7) is 3.69. The number of thioether (sulfide) groups is 1. The van der Waals surface area contributed by atoms with Crippen molar-refractivity contribution >= 4 is 17.7 Å². The van der Waals surface area contributed by atoms with Crippen LogP contribution in [0, 0.1) is 26.2 Å². The largest absolute Gasteiger partial charge is 0.478 e. The van der Waals surface area contributed by atoms with Crippen LogP contribution in [0.1, 0.15) is 39.2 Å². The third-order valence-electron chi connectivity index (χ3n) is 4.29. The fourth-order valence-corrected chi connectivity index (χ4v) is 3.97. The van der Waals surface area contributed by atoms with Gasteiger partial charge in [0.2, 0.25) is 0 Å². The number of carboxylic acids is 1. The molecule has 0 amide bonds.